The Kier molecular flexibility index (Phi) is 3.63. The van der Waals surface area contributed by atoms with Gasteiger partial charge in [0.05, 0.1) is 37.8 Å². The first-order chi connectivity index (χ1) is 10.1. The van der Waals surface area contributed by atoms with E-state index in [1.165, 1.54) is 0 Å². The molecule has 3 rings (SSSR count). The van der Waals surface area contributed by atoms with Crippen molar-refractivity contribution in [1.82, 2.24) is 14.8 Å². The van der Waals surface area contributed by atoms with Crippen molar-refractivity contribution < 1.29 is 14.8 Å². The lowest BCUT2D eigenvalue weighted by molar-refractivity contribution is -0.904. The molecule has 0 aliphatic carbocycles. The highest BCUT2D eigenvalue weighted by molar-refractivity contribution is 6.00. The number of hydrogen-bond donors (Lipinski definition) is 1. The van der Waals surface area contributed by atoms with Gasteiger partial charge in [0, 0.05) is 29.5 Å². The SMILES string of the molecule is CC[NH+]1CCC(n2ncc3c(C(=O)[O-])cc(C)nc32)CC1. The maximum absolute atomic E-state index is 11.3. The number of carbonyl (C=O) groups is 1. The Balaban J connectivity index is 1.99. The average Bonchev–Trinajstić information content (AvgIpc) is 2.90. The van der Waals surface area contributed by atoms with E-state index in [1.807, 2.05) is 4.68 Å². The minimum Gasteiger partial charge on any atom is -0.545 e. The molecule has 0 spiro atoms. The summed E-state index contributed by atoms with van der Waals surface area (Å²) in [7, 11) is 0. The zero-order valence-electron chi connectivity index (χ0n) is 12.4. The van der Waals surface area contributed by atoms with Crippen LogP contribution in [0.4, 0.5) is 0 Å². The first-order valence-corrected chi connectivity index (χ1v) is 7.50. The molecule has 1 N–H and O–H groups in total. The molecule has 0 saturated carbocycles. The van der Waals surface area contributed by atoms with Crippen LogP contribution in [0.25, 0.3) is 11.0 Å². The topological polar surface area (TPSA) is 75.3 Å². The summed E-state index contributed by atoms with van der Waals surface area (Å²) in [5.41, 5.74) is 1.53. The number of carboxylic acid groups (broad SMARTS) is 1. The van der Waals surface area contributed by atoms with E-state index in [9.17, 15) is 9.90 Å². The number of aromatic nitrogens is 3. The third-order valence-electron chi connectivity index (χ3n) is 4.42. The van der Waals surface area contributed by atoms with E-state index in [1.54, 1.807) is 24.1 Å². The molecule has 1 saturated heterocycles. The number of carbonyl (C=O) groups excluding carboxylic acids is 1. The fraction of sp³-hybridized carbons (Fsp3) is 0.533. The van der Waals surface area contributed by atoms with E-state index in [0.717, 1.165) is 32.5 Å². The maximum atomic E-state index is 11.3. The lowest BCUT2D eigenvalue weighted by Crippen LogP contribution is -3.12. The molecule has 1 fully saturated rings. The summed E-state index contributed by atoms with van der Waals surface area (Å²) >= 11 is 0. The third kappa shape index (κ3) is 2.51. The zero-order chi connectivity index (χ0) is 15.0. The molecular weight excluding hydrogens is 268 g/mol. The maximum Gasteiger partial charge on any atom is 0.158 e. The van der Waals surface area contributed by atoms with Crippen LogP contribution < -0.4 is 10.0 Å². The van der Waals surface area contributed by atoms with E-state index < -0.39 is 5.97 Å². The number of nitrogens with one attached hydrogen (secondary N) is 1. The van der Waals surface area contributed by atoms with Crippen LogP contribution in [-0.2, 0) is 0 Å². The quantitative estimate of drug-likeness (QED) is 0.814. The van der Waals surface area contributed by atoms with Crippen LogP contribution in [0, 0.1) is 6.92 Å². The van der Waals surface area contributed by atoms with E-state index in [2.05, 4.69) is 17.0 Å². The fourth-order valence-corrected chi connectivity index (χ4v) is 3.19. The molecule has 0 aromatic carbocycles. The van der Waals surface area contributed by atoms with Crippen molar-refractivity contribution in [2.24, 2.45) is 0 Å². The van der Waals surface area contributed by atoms with Crippen LogP contribution in [0.5, 0.6) is 0 Å². The van der Waals surface area contributed by atoms with Crippen LogP contribution >= 0.6 is 0 Å². The predicted octanol–water partition coefficient (Wildman–Crippen LogP) is -0.657. The van der Waals surface area contributed by atoms with Crippen LogP contribution in [0.15, 0.2) is 12.3 Å². The van der Waals surface area contributed by atoms with E-state index >= 15 is 0 Å². The number of aromatic carboxylic acids is 1. The zero-order valence-corrected chi connectivity index (χ0v) is 12.4. The number of fused-ring (bicyclic) bond motifs is 1. The number of hydrogen-bond acceptors (Lipinski definition) is 4. The normalized spacial score (nSPS) is 22.6. The Hall–Kier alpha value is -1.95. The smallest absolute Gasteiger partial charge is 0.158 e. The van der Waals surface area contributed by atoms with Crippen LogP contribution in [-0.4, -0.2) is 40.4 Å². The minimum atomic E-state index is -1.17. The van der Waals surface area contributed by atoms with Gasteiger partial charge in [-0.15, -0.1) is 0 Å². The van der Waals surface area contributed by atoms with Crippen molar-refractivity contribution in [2.75, 3.05) is 19.6 Å². The van der Waals surface area contributed by atoms with Crippen molar-refractivity contribution >= 4 is 17.0 Å². The number of piperidine rings is 1. The van der Waals surface area contributed by atoms with Crippen molar-refractivity contribution in [3.05, 3.63) is 23.5 Å². The highest BCUT2D eigenvalue weighted by Gasteiger charge is 2.25. The van der Waals surface area contributed by atoms with Gasteiger partial charge in [-0.3, -0.25) is 0 Å². The van der Waals surface area contributed by atoms with Crippen molar-refractivity contribution in [3.8, 4) is 0 Å². The Morgan fingerprint density at radius 2 is 2.19 bits per heavy atom. The van der Waals surface area contributed by atoms with E-state index in [4.69, 9.17) is 0 Å². The summed E-state index contributed by atoms with van der Waals surface area (Å²) in [6.45, 7) is 7.41. The Morgan fingerprint density at radius 3 is 2.81 bits per heavy atom. The van der Waals surface area contributed by atoms with Crippen molar-refractivity contribution in [1.29, 1.82) is 0 Å². The number of likely N-dealkylation sites (tertiary alicyclic amines) is 1. The number of nitrogens with zero attached hydrogens (tertiary/aromatic N) is 3. The summed E-state index contributed by atoms with van der Waals surface area (Å²) in [6.07, 6.45) is 3.71. The molecule has 21 heavy (non-hydrogen) atoms. The van der Waals surface area contributed by atoms with Crippen LogP contribution in [0.2, 0.25) is 0 Å². The van der Waals surface area contributed by atoms with Gasteiger partial charge in [0.2, 0.25) is 0 Å². The summed E-state index contributed by atoms with van der Waals surface area (Å²) < 4.78 is 1.90. The van der Waals surface area contributed by atoms with Gasteiger partial charge in [0.25, 0.3) is 0 Å². The summed E-state index contributed by atoms with van der Waals surface area (Å²) in [5, 5.41) is 16.2. The molecule has 0 atom stereocenters. The van der Waals surface area contributed by atoms with Crippen LogP contribution in [0.3, 0.4) is 0 Å². The molecule has 0 unspecified atom stereocenters. The molecule has 3 heterocycles. The highest BCUT2D eigenvalue weighted by Crippen LogP contribution is 2.24. The Bertz CT molecular complexity index is 672. The number of quaternary nitrogens is 1. The number of carboxylic acids is 1. The third-order valence-corrected chi connectivity index (χ3v) is 4.42. The second kappa shape index (κ2) is 5.44. The molecule has 1 aliphatic rings. The Labute approximate surface area is 123 Å². The first-order valence-electron chi connectivity index (χ1n) is 7.50. The van der Waals surface area contributed by atoms with Gasteiger partial charge in [0.1, 0.15) is 0 Å². The molecule has 6 nitrogen and oxygen atoms in total. The second-order valence-electron chi connectivity index (χ2n) is 5.76. The van der Waals surface area contributed by atoms with Crippen LogP contribution in [0.1, 0.15) is 41.9 Å². The van der Waals surface area contributed by atoms with Gasteiger partial charge in [-0.25, -0.2) is 9.67 Å². The molecular formula is C15H20N4O2. The van der Waals surface area contributed by atoms with Gasteiger partial charge < -0.3 is 14.8 Å². The molecule has 0 radical (unpaired) electrons. The predicted molar refractivity (Wildman–Crippen MR) is 76.1 cm³/mol. The summed E-state index contributed by atoms with van der Waals surface area (Å²) in [5.74, 6) is -1.17. The molecule has 2 aromatic rings. The second-order valence-corrected chi connectivity index (χ2v) is 5.76. The van der Waals surface area contributed by atoms with Crippen molar-refractivity contribution in [3.63, 3.8) is 0 Å². The standard InChI is InChI=1S/C15H20N4O2/c1-3-18-6-4-11(5-7-18)19-14-13(9-16-19)12(15(20)21)8-10(2)17-14/h8-9,11H,3-7H2,1-2H3,(H,20,21). The van der Waals surface area contributed by atoms with Gasteiger partial charge in [-0.05, 0) is 19.9 Å². The van der Waals surface area contributed by atoms with Gasteiger partial charge in [0.15, 0.2) is 5.65 Å². The molecule has 0 bridgehead atoms. The fourth-order valence-electron chi connectivity index (χ4n) is 3.19. The highest BCUT2D eigenvalue weighted by atomic mass is 16.4. The number of aryl methyl sites for hydroxylation is 1. The molecule has 1 aliphatic heterocycles. The number of pyridine rings is 1. The lowest BCUT2D eigenvalue weighted by Gasteiger charge is -2.28. The first kappa shape index (κ1) is 14.0. The minimum absolute atomic E-state index is 0.181. The summed E-state index contributed by atoms with van der Waals surface area (Å²) in [6, 6.07) is 1.86. The lowest BCUT2D eigenvalue weighted by atomic mass is 10.1. The molecule has 112 valence electrons. The Morgan fingerprint density at radius 1 is 1.48 bits per heavy atom. The van der Waals surface area contributed by atoms with E-state index in [0.29, 0.717) is 22.8 Å². The monoisotopic (exact) mass is 288 g/mol. The molecule has 0 amide bonds. The van der Waals surface area contributed by atoms with Gasteiger partial charge in [-0.1, -0.05) is 0 Å². The largest absolute Gasteiger partial charge is 0.545 e. The summed E-state index contributed by atoms with van der Waals surface area (Å²) in [4.78, 5) is 17.4. The van der Waals surface area contributed by atoms with Gasteiger partial charge in [-0.2, -0.15) is 5.10 Å². The van der Waals surface area contributed by atoms with Gasteiger partial charge >= 0.3 is 0 Å². The average molecular weight is 288 g/mol. The molecule has 2 aromatic heterocycles. The van der Waals surface area contributed by atoms with E-state index in [-0.39, 0.29) is 5.56 Å². The molecule has 6 heteroatoms. The number of rotatable bonds is 3. The van der Waals surface area contributed by atoms with Crippen molar-refractivity contribution in [2.45, 2.75) is 32.7 Å².